The second kappa shape index (κ2) is 12.4. The SMILES string of the molecule is CC1(C)c2ccccc2-c2ccc(N(c3ccc(-c4cccc5c4-c4ccccc4C5(C)C)cc3)c3cccc4c3-c3ccccc3C43c4ccccc4-c4ccccc43)cc21. The number of nitrogens with zero attached hydrogens (tertiary/aromatic N) is 1. The third kappa shape index (κ3) is 4.43. The van der Waals surface area contributed by atoms with Gasteiger partial charge in [-0.05, 0) is 125 Å². The molecular weight excluding hydrogens is 747 g/mol. The molecule has 4 aliphatic rings. The van der Waals surface area contributed by atoms with Crippen molar-refractivity contribution in [2.24, 2.45) is 0 Å². The second-order valence-corrected chi connectivity index (χ2v) is 18.8. The van der Waals surface area contributed by atoms with Gasteiger partial charge >= 0.3 is 0 Å². The van der Waals surface area contributed by atoms with Crippen molar-refractivity contribution >= 4 is 17.1 Å². The van der Waals surface area contributed by atoms with Crippen LogP contribution in [0.5, 0.6) is 0 Å². The number of benzene rings is 9. The lowest BCUT2D eigenvalue weighted by atomic mass is 9.70. The van der Waals surface area contributed by atoms with Gasteiger partial charge in [-0.2, -0.15) is 0 Å². The highest BCUT2D eigenvalue weighted by Crippen LogP contribution is 2.65. The summed E-state index contributed by atoms with van der Waals surface area (Å²) >= 11 is 0. The summed E-state index contributed by atoms with van der Waals surface area (Å²) in [6, 6.07) is 75.8. The summed E-state index contributed by atoms with van der Waals surface area (Å²) in [4.78, 5) is 2.54. The van der Waals surface area contributed by atoms with E-state index in [0.717, 1.165) is 11.4 Å². The van der Waals surface area contributed by atoms with Crippen LogP contribution in [0, 0.1) is 0 Å². The molecule has 0 bridgehead atoms. The molecule has 13 rings (SSSR count). The fourth-order valence-electron chi connectivity index (χ4n) is 12.4. The van der Waals surface area contributed by atoms with Crippen molar-refractivity contribution in [2.75, 3.05) is 4.90 Å². The van der Waals surface area contributed by atoms with E-state index in [2.05, 4.69) is 233 Å². The largest absolute Gasteiger partial charge is 0.310 e. The van der Waals surface area contributed by atoms with Crippen LogP contribution in [0.4, 0.5) is 17.1 Å². The summed E-state index contributed by atoms with van der Waals surface area (Å²) in [5, 5.41) is 0. The summed E-state index contributed by atoms with van der Waals surface area (Å²) < 4.78 is 0. The Morgan fingerprint density at radius 3 is 1.35 bits per heavy atom. The standard InChI is InChI=1S/C61H45N/c1-59(2)49-24-11-8-20-46(49)57-41(22-15-28-53(57)59)38-31-33-39(34-32-38)62(40-35-36-45-42-17-5-10-23-48(42)60(3,4)55(45)37-40)56-30-16-29-54-58(56)47-21-9-14-27-52(47)61(54)50-25-12-6-18-43(50)44-19-7-13-26-51(44)61/h5-37H,1-4H3. The monoisotopic (exact) mass is 791 g/mol. The molecule has 0 N–H and O–H groups in total. The molecule has 0 saturated heterocycles. The maximum absolute atomic E-state index is 2.54. The molecule has 0 fully saturated rings. The van der Waals surface area contributed by atoms with Crippen molar-refractivity contribution < 1.29 is 0 Å². The van der Waals surface area contributed by atoms with E-state index in [-0.39, 0.29) is 10.8 Å². The highest BCUT2D eigenvalue weighted by Gasteiger charge is 2.52. The Bertz CT molecular complexity index is 3310. The van der Waals surface area contributed by atoms with E-state index < -0.39 is 5.41 Å². The highest BCUT2D eigenvalue weighted by molar-refractivity contribution is 6.02. The van der Waals surface area contributed by atoms with E-state index in [1.165, 1.54) is 106 Å². The van der Waals surface area contributed by atoms with Crippen molar-refractivity contribution in [3.05, 3.63) is 245 Å². The Kier molecular flexibility index (Phi) is 7.12. The molecule has 62 heavy (non-hydrogen) atoms. The topological polar surface area (TPSA) is 3.24 Å². The van der Waals surface area contributed by atoms with Gasteiger partial charge in [0.25, 0.3) is 0 Å². The summed E-state index contributed by atoms with van der Waals surface area (Å²) in [7, 11) is 0. The molecule has 0 amide bonds. The first-order valence-corrected chi connectivity index (χ1v) is 22.1. The van der Waals surface area contributed by atoms with Gasteiger partial charge in [-0.25, -0.2) is 0 Å². The number of anilines is 3. The van der Waals surface area contributed by atoms with Crippen LogP contribution in [0.25, 0.3) is 55.6 Å². The van der Waals surface area contributed by atoms with Gasteiger partial charge in [-0.1, -0.05) is 198 Å². The van der Waals surface area contributed by atoms with E-state index >= 15 is 0 Å². The fourth-order valence-corrected chi connectivity index (χ4v) is 12.4. The van der Waals surface area contributed by atoms with Gasteiger partial charge in [0.1, 0.15) is 0 Å². The zero-order chi connectivity index (χ0) is 41.5. The maximum atomic E-state index is 2.54. The maximum Gasteiger partial charge on any atom is 0.0726 e. The molecule has 9 aromatic rings. The van der Waals surface area contributed by atoms with Gasteiger partial charge in [-0.3, -0.25) is 0 Å². The molecule has 9 aromatic carbocycles. The van der Waals surface area contributed by atoms with Crippen molar-refractivity contribution in [3.63, 3.8) is 0 Å². The zero-order valence-corrected chi connectivity index (χ0v) is 35.5. The smallest absolute Gasteiger partial charge is 0.0726 e. The Labute approximate surface area is 364 Å². The lowest BCUT2D eigenvalue weighted by molar-refractivity contribution is 0.660. The Balaban J connectivity index is 1.05. The molecular formula is C61H45N. The Morgan fingerprint density at radius 2 is 0.710 bits per heavy atom. The van der Waals surface area contributed by atoms with Crippen LogP contribution in [0.1, 0.15) is 72.2 Å². The minimum absolute atomic E-state index is 0.0542. The minimum Gasteiger partial charge on any atom is -0.310 e. The third-order valence-corrected chi connectivity index (χ3v) is 15.1. The normalized spacial score (nSPS) is 15.5. The highest BCUT2D eigenvalue weighted by atomic mass is 15.1. The van der Waals surface area contributed by atoms with Gasteiger partial charge < -0.3 is 4.90 Å². The molecule has 1 heteroatoms. The molecule has 0 aliphatic heterocycles. The predicted octanol–water partition coefficient (Wildman–Crippen LogP) is 15.8. The fraction of sp³-hybridized carbons (Fsp3) is 0.115. The molecule has 0 aromatic heterocycles. The van der Waals surface area contributed by atoms with Gasteiger partial charge in [0.05, 0.1) is 11.1 Å². The molecule has 0 atom stereocenters. The van der Waals surface area contributed by atoms with Gasteiger partial charge in [0.15, 0.2) is 0 Å². The first-order valence-electron chi connectivity index (χ1n) is 22.1. The average molecular weight is 792 g/mol. The van der Waals surface area contributed by atoms with Crippen LogP contribution >= 0.6 is 0 Å². The van der Waals surface area contributed by atoms with Crippen LogP contribution in [-0.2, 0) is 16.2 Å². The van der Waals surface area contributed by atoms with E-state index in [4.69, 9.17) is 0 Å². The minimum atomic E-state index is -0.427. The Hall–Kier alpha value is -7.22. The molecule has 0 saturated carbocycles. The zero-order valence-electron chi connectivity index (χ0n) is 35.5. The number of hydrogen-bond donors (Lipinski definition) is 0. The van der Waals surface area contributed by atoms with Crippen molar-refractivity contribution in [1.82, 2.24) is 0 Å². The second-order valence-electron chi connectivity index (χ2n) is 18.8. The van der Waals surface area contributed by atoms with Crippen molar-refractivity contribution in [3.8, 4) is 55.6 Å². The molecule has 4 aliphatic carbocycles. The Morgan fingerprint density at radius 1 is 0.290 bits per heavy atom. The van der Waals surface area contributed by atoms with Crippen molar-refractivity contribution in [2.45, 2.75) is 43.9 Å². The molecule has 294 valence electrons. The summed E-state index contributed by atoms with van der Waals surface area (Å²) in [6.07, 6.45) is 0. The summed E-state index contributed by atoms with van der Waals surface area (Å²) in [6.45, 7) is 9.49. The number of fused-ring (bicyclic) bond motifs is 16. The summed E-state index contributed by atoms with van der Waals surface area (Å²) in [5.41, 5.74) is 26.9. The quantitative estimate of drug-likeness (QED) is 0.172. The summed E-state index contributed by atoms with van der Waals surface area (Å²) in [5.74, 6) is 0. The van der Waals surface area contributed by atoms with E-state index in [0.29, 0.717) is 0 Å². The van der Waals surface area contributed by atoms with Gasteiger partial charge in [-0.15, -0.1) is 0 Å². The molecule has 0 radical (unpaired) electrons. The van der Waals surface area contributed by atoms with Gasteiger partial charge in [0.2, 0.25) is 0 Å². The molecule has 0 heterocycles. The van der Waals surface area contributed by atoms with E-state index in [1.54, 1.807) is 0 Å². The van der Waals surface area contributed by atoms with E-state index in [9.17, 15) is 0 Å². The third-order valence-electron chi connectivity index (χ3n) is 15.1. The first kappa shape index (κ1) is 35.5. The molecule has 1 nitrogen and oxygen atoms in total. The number of rotatable bonds is 4. The van der Waals surface area contributed by atoms with Crippen LogP contribution in [-0.4, -0.2) is 0 Å². The van der Waals surface area contributed by atoms with Crippen molar-refractivity contribution in [1.29, 1.82) is 0 Å². The van der Waals surface area contributed by atoms with Crippen LogP contribution in [0.3, 0.4) is 0 Å². The van der Waals surface area contributed by atoms with Crippen LogP contribution in [0.15, 0.2) is 200 Å². The average Bonchev–Trinajstić information content (AvgIpc) is 3.95. The van der Waals surface area contributed by atoms with Gasteiger partial charge in [0, 0.05) is 27.8 Å². The lowest BCUT2D eigenvalue weighted by Gasteiger charge is -2.32. The first-order chi connectivity index (χ1) is 30.3. The predicted molar refractivity (Wildman–Crippen MR) is 258 cm³/mol. The lowest BCUT2D eigenvalue weighted by Crippen LogP contribution is -2.26. The van der Waals surface area contributed by atoms with E-state index in [1.807, 2.05) is 0 Å². The van der Waals surface area contributed by atoms with Crippen LogP contribution < -0.4 is 4.90 Å². The number of hydrogen-bond acceptors (Lipinski definition) is 1. The molecule has 1 spiro atoms. The van der Waals surface area contributed by atoms with Crippen LogP contribution in [0.2, 0.25) is 0 Å². The molecule has 0 unspecified atom stereocenters.